The van der Waals surface area contributed by atoms with E-state index in [0.29, 0.717) is 17.8 Å². The lowest BCUT2D eigenvalue weighted by atomic mass is 10.0. The van der Waals surface area contributed by atoms with Crippen molar-refractivity contribution in [2.24, 2.45) is 0 Å². The Morgan fingerprint density at radius 1 is 1.11 bits per heavy atom. The fraction of sp³-hybridized carbons (Fsp3) is 0.381. The quantitative estimate of drug-likeness (QED) is 0.707. The van der Waals surface area contributed by atoms with E-state index in [2.05, 4.69) is 5.32 Å². The van der Waals surface area contributed by atoms with Gasteiger partial charge in [0.15, 0.2) is 5.78 Å². The van der Waals surface area contributed by atoms with Crippen LogP contribution in [0.5, 0.6) is 0 Å². The summed E-state index contributed by atoms with van der Waals surface area (Å²) in [6.07, 6.45) is 3.67. The van der Waals surface area contributed by atoms with Crippen LogP contribution in [0.1, 0.15) is 43.0 Å². The number of sulfonamides is 1. The van der Waals surface area contributed by atoms with Crippen LogP contribution in [0.25, 0.3) is 0 Å². The molecule has 7 heteroatoms. The van der Waals surface area contributed by atoms with Gasteiger partial charge in [0.1, 0.15) is 5.82 Å². The zero-order valence-corrected chi connectivity index (χ0v) is 16.7. The molecule has 1 aliphatic rings. The molecule has 1 heterocycles. The second-order valence-corrected chi connectivity index (χ2v) is 8.87. The number of Topliss-reactive ketones (excluding diaryl/α,β-unsaturated/α-hetero) is 1. The largest absolute Gasteiger partial charge is 0.378 e. The van der Waals surface area contributed by atoms with Crippen LogP contribution in [0.15, 0.2) is 53.4 Å². The number of anilines is 1. The molecule has 150 valence electrons. The summed E-state index contributed by atoms with van der Waals surface area (Å²) in [6.45, 7) is 2.62. The van der Waals surface area contributed by atoms with Gasteiger partial charge in [-0.1, -0.05) is 13.3 Å². The zero-order valence-electron chi connectivity index (χ0n) is 15.9. The van der Waals surface area contributed by atoms with E-state index in [-0.39, 0.29) is 29.1 Å². The molecule has 1 fully saturated rings. The van der Waals surface area contributed by atoms with E-state index in [9.17, 15) is 17.6 Å². The number of carbonyl (C=O) groups is 1. The van der Waals surface area contributed by atoms with Gasteiger partial charge in [-0.3, -0.25) is 4.79 Å². The summed E-state index contributed by atoms with van der Waals surface area (Å²) in [5.41, 5.74) is 1.07. The molecule has 2 aromatic carbocycles. The molecule has 0 aromatic heterocycles. The number of hydrogen-bond donors (Lipinski definition) is 1. The summed E-state index contributed by atoms with van der Waals surface area (Å²) in [5.74, 6) is -0.559. The highest BCUT2D eigenvalue weighted by molar-refractivity contribution is 7.89. The van der Waals surface area contributed by atoms with Crippen LogP contribution in [-0.2, 0) is 10.0 Å². The van der Waals surface area contributed by atoms with Gasteiger partial charge in [0.05, 0.1) is 11.4 Å². The number of piperidine rings is 1. The summed E-state index contributed by atoms with van der Waals surface area (Å²) in [5, 5.41) is 2.98. The van der Waals surface area contributed by atoms with Crippen molar-refractivity contribution in [2.75, 3.05) is 18.4 Å². The fourth-order valence-electron chi connectivity index (χ4n) is 3.50. The van der Waals surface area contributed by atoms with Crippen LogP contribution in [0.3, 0.4) is 0 Å². The third-order valence-corrected chi connectivity index (χ3v) is 7.09. The third-order valence-electron chi connectivity index (χ3n) is 5.12. The number of halogens is 1. The normalized spacial score (nSPS) is 18.0. The van der Waals surface area contributed by atoms with E-state index in [1.807, 2.05) is 6.92 Å². The molecule has 5 nitrogen and oxygen atoms in total. The molecule has 1 unspecified atom stereocenters. The first-order valence-electron chi connectivity index (χ1n) is 9.56. The van der Waals surface area contributed by atoms with Gasteiger partial charge in [0.2, 0.25) is 10.0 Å². The SMILES string of the molecule is CCC1CCCCN1S(=O)(=O)c1ccc(NCC(=O)c2ccc(F)cc2)cc1. The lowest BCUT2D eigenvalue weighted by Crippen LogP contribution is -2.43. The van der Waals surface area contributed by atoms with Gasteiger partial charge < -0.3 is 5.32 Å². The molecule has 0 amide bonds. The van der Waals surface area contributed by atoms with Crippen LogP contribution >= 0.6 is 0 Å². The summed E-state index contributed by atoms with van der Waals surface area (Å²) in [4.78, 5) is 12.4. The predicted octanol–water partition coefficient (Wildman–Crippen LogP) is 4.07. The van der Waals surface area contributed by atoms with E-state index >= 15 is 0 Å². The Labute approximate surface area is 165 Å². The Morgan fingerprint density at radius 3 is 2.43 bits per heavy atom. The van der Waals surface area contributed by atoms with Gasteiger partial charge in [-0.15, -0.1) is 0 Å². The summed E-state index contributed by atoms with van der Waals surface area (Å²) < 4.78 is 40.5. The number of rotatable bonds is 7. The first-order chi connectivity index (χ1) is 13.4. The van der Waals surface area contributed by atoms with Gasteiger partial charge >= 0.3 is 0 Å². The van der Waals surface area contributed by atoms with E-state index < -0.39 is 10.0 Å². The second-order valence-electron chi connectivity index (χ2n) is 6.98. The summed E-state index contributed by atoms with van der Waals surface area (Å²) in [7, 11) is -3.52. The Morgan fingerprint density at radius 2 is 1.79 bits per heavy atom. The highest BCUT2D eigenvalue weighted by atomic mass is 32.2. The molecule has 0 radical (unpaired) electrons. The average Bonchev–Trinajstić information content (AvgIpc) is 2.72. The molecule has 0 aliphatic carbocycles. The molecular weight excluding hydrogens is 379 g/mol. The minimum Gasteiger partial charge on any atom is -0.378 e. The zero-order chi connectivity index (χ0) is 20.1. The highest BCUT2D eigenvalue weighted by Gasteiger charge is 2.32. The monoisotopic (exact) mass is 404 g/mol. The van der Waals surface area contributed by atoms with Crippen molar-refractivity contribution in [3.05, 3.63) is 59.9 Å². The second kappa shape index (κ2) is 8.84. The number of benzene rings is 2. The van der Waals surface area contributed by atoms with E-state index in [4.69, 9.17) is 0 Å². The van der Waals surface area contributed by atoms with Crippen LogP contribution < -0.4 is 5.32 Å². The highest BCUT2D eigenvalue weighted by Crippen LogP contribution is 2.27. The molecule has 1 N–H and O–H groups in total. The topological polar surface area (TPSA) is 66.5 Å². The van der Waals surface area contributed by atoms with Crippen molar-refractivity contribution < 1.29 is 17.6 Å². The fourth-order valence-corrected chi connectivity index (χ4v) is 5.27. The summed E-state index contributed by atoms with van der Waals surface area (Å²) >= 11 is 0. The summed E-state index contributed by atoms with van der Waals surface area (Å²) in [6, 6.07) is 11.9. The standard InChI is InChI=1S/C21H25FN2O3S/c1-2-19-5-3-4-14-24(19)28(26,27)20-12-10-18(11-13-20)23-15-21(25)16-6-8-17(22)9-7-16/h6-13,19,23H,2-5,14-15H2,1H3. The Hall–Kier alpha value is -2.25. The first-order valence-corrected chi connectivity index (χ1v) is 11.0. The van der Waals surface area contributed by atoms with E-state index in [1.165, 1.54) is 24.3 Å². The minimum atomic E-state index is -3.52. The van der Waals surface area contributed by atoms with Gasteiger partial charge in [0.25, 0.3) is 0 Å². The molecule has 2 aromatic rings. The number of nitrogens with one attached hydrogen (secondary N) is 1. The Balaban J connectivity index is 1.65. The molecule has 1 aliphatic heterocycles. The van der Waals surface area contributed by atoms with Crippen molar-refractivity contribution in [1.82, 2.24) is 4.31 Å². The van der Waals surface area contributed by atoms with Crippen LogP contribution in [0.4, 0.5) is 10.1 Å². The number of nitrogens with zero attached hydrogens (tertiary/aromatic N) is 1. The van der Waals surface area contributed by atoms with Crippen molar-refractivity contribution in [3.63, 3.8) is 0 Å². The molecule has 0 spiro atoms. The molecule has 0 bridgehead atoms. The van der Waals surface area contributed by atoms with Crippen LogP contribution in [0.2, 0.25) is 0 Å². The molecule has 0 saturated carbocycles. The molecule has 3 rings (SSSR count). The maximum Gasteiger partial charge on any atom is 0.243 e. The lowest BCUT2D eigenvalue weighted by Gasteiger charge is -2.34. The number of ketones is 1. The van der Waals surface area contributed by atoms with Gasteiger partial charge in [-0.05, 0) is 67.8 Å². The van der Waals surface area contributed by atoms with E-state index in [1.54, 1.807) is 28.6 Å². The van der Waals surface area contributed by atoms with Gasteiger partial charge in [0, 0.05) is 23.8 Å². The Kier molecular flexibility index (Phi) is 6.46. The smallest absolute Gasteiger partial charge is 0.243 e. The van der Waals surface area contributed by atoms with Crippen molar-refractivity contribution >= 4 is 21.5 Å². The maximum atomic E-state index is 13.0. The van der Waals surface area contributed by atoms with Gasteiger partial charge in [-0.25, -0.2) is 12.8 Å². The van der Waals surface area contributed by atoms with Crippen molar-refractivity contribution in [2.45, 2.75) is 43.5 Å². The van der Waals surface area contributed by atoms with E-state index in [0.717, 1.165) is 25.7 Å². The molecule has 28 heavy (non-hydrogen) atoms. The molecule has 1 saturated heterocycles. The molecular formula is C21H25FN2O3S. The Bertz CT molecular complexity index is 912. The van der Waals surface area contributed by atoms with Gasteiger partial charge in [-0.2, -0.15) is 4.31 Å². The first kappa shape index (κ1) is 20.5. The number of hydrogen-bond acceptors (Lipinski definition) is 4. The third kappa shape index (κ3) is 4.59. The van der Waals surface area contributed by atoms with Crippen LogP contribution in [-0.4, -0.2) is 37.6 Å². The average molecular weight is 405 g/mol. The lowest BCUT2D eigenvalue weighted by molar-refractivity contribution is 0.101. The predicted molar refractivity (Wildman–Crippen MR) is 107 cm³/mol. The van der Waals surface area contributed by atoms with Crippen molar-refractivity contribution in [1.29, 1.82) is 0 Å². The minimum absolute atomic E-state index is 0.0434. The maximum absolute atomic E-state index is 13.0. The van der Waals surface area contributed by atoms with Crippen molar-refractivity contribution in [3.8, 4) is 0 Å². The van der Waals surface area contributed by atoms with Crippen LogP contribution in [0, 0.1) is 5.82 Å². The molecule has 1 atom stereocenters. The number of carbonyl (C=O) groups excluding carboxylic acids is 1.